The topological polar surface area (TPSA) is 133 Å². The Kier molecular flexibility index (Phi) is 8.96. The molecule has 3 amide bonds. The highest BCUT2D eigenvalue weighted by molar-refractivity contribution is 7.98. The van der Waals surface area contributed by atoms with Crippen molar-refractivity contribution >= 4 is 35.5 Å². The molecule has 0 aliphatic carbocycles. The van der Waals surface area contributed by atoms with E-state index in [9.17, 15) is 24.3 Å². The van der Waals surface area contributed by atoms with E-state index in [1.165, 1.54) is 9.80 Å². The molecule has 170 valence electrons. The molecule has 0 radical (unpaired) electrons. The van der Waals surface area contributed by atoms with Gasteiger partial charge in [-0.15, -0.1) is 0 Å². The number of nitrogens with zero attached hydrogens (tertiary/aromatic N) is 2. The third kappa shape index (κ3) is 5.66. The fraction of sp³-hybridized carbons (Fsp3) is 0.800. The number of hydrogen-bond acceptors (Lipinski definition) is 6. The third-order valence-corrected chi connectivity index (χ3v) is 6.53. The second-order valence-corrected chi connectivity index (χ2v) is 9.32. The number of amides is 3. The minimum Gasteiger partial charge on any atom is -0.480 e. The van der Waals surface area contributed by atoms with E-state index in [2.05, 4.69) is 5.32 Å². The molecule has 4 atom stereocenters. The summed E-state index contributed by atoms with van der Waals surface area (Å²) >= 11 is 1.55. The summed E-state index contributed by atoms with van der Waals surface area (Å²) in [7, 11) is 0. The molecule has 0 aromatic rings. The molecule has 2 heterocycles. The zero-order chi connectivity index (χ0) is 22.4. The minimum atomic E-state index is -1.02. The second-order valence-electron chi connectivity index (χ2n) is 8.33. The summed E-state index contributed by atoms with van der Waals surface area (Å²) in [6.45, 7) is 4.56. The van der Waals surface area contributed by atoms with Crippen molar-refractivity contribution in [1.29, 1.82) is 0 Å². The lowest BCUT2D eigenvalue weighted by Crippen LogP contribution is -2.57. The van der Waals surface area contributed by atoms with E-state index in [4.69, 9.17) is 5.73 Å². The highest BCUT2D eigenvalue weighted by Crippen LogP contribution is 2.22. The van der Waals surface area contributed by atoms with Gasteiger partial charge >= 0.3 is 5.97 Å². The smallest absolute Gasteiger partial charge is 0.326 e. The summed E-state index contributed by atoms with van der Waals surface area (Å²) in [6, 6.07) is -2.98. The third-order valence-electron chi connectivity index (χ3n) is 5.89. The van der Waals surface area contributed by atoms with Crippen LogP contribution in [0.3, 0.4) is 0 Å². The fourth-order valence-electron chi connectivity index (χ4n) is 4.03. The molecular weight excluding hydrogens is 408 g/mol. The molecule has 2 rings (SSSR count). The van der Waals surface area contributed by atoms with E-state index in [1.54, 1.807) is 11.8 Å². The Morgan fingerprint density at radius 1 is 1.07 bits per heavy atom. The molecule has 0 saturated carbocycles. The molecule has 0 bridgehead atoms. The van der Waals surface area contributed by atoms with Gasteiger partial charge in [-0.3, -0.25) is 14.4 Å². The summed E-state index contributed by atoms with van der Waals surface area (Å²) in [5, 5.41) is 12.2. The number of rotatable bonds is 9. The molecule has 2 aliphatic rings. The van der Waals surface area contributed by atoms with Crippen molar-refractivity contribution in [2.75, 3.05) is 25.1 Å². The number of hydrogen-bond donors (Lipinski definition) is 3. The zero-order valence-electron chi connectivity index (χ0n) is 18.0. The quantitative estimate of drug-likeness (QED) is 0.467. The van der Waals surface area contributed by atoms with Gasteiger partial charge in [0, 0.05) is 13.1 Å². The van der Waals surface area contributed by atoms with Crippen LogP contribution in [-0.4, -0.2) is 87.9 Å². The van der Waals surface area contributed by atoms with Gasteiger partial charge in [0.25, 0.3) is 0 Å². The molecule has 30 heavy (non-hydrogen) atoms. The van der Waals surface area contributed by atoms with Crippen LogP contribution in [0.2, 0.25) is 0 Å². The number of carboxylic acids is 1. The number of carbonyl (C=O) groups excluding carboxylic acids is 3. The van der Waals surface area contributed by atoms with Gasteiger partial charge in [-0.05, 0) is 50.0 Å². The van der Waals surface area contributed by atoms with Gasteiger partial charge in [0.15, 0.2) is 0 Å². The Bertz CT molecular complexity index is 659. The van der Waals surface area contributed by atoms with Crippen molar-refractivity contribution in [1.82, 2.24) is 15.1 Å². The molecular formula is C20H34N4O5S. The number of carboxylic acid groups (broad SMARTS) is 1. The maximum absolute atomic E-state index is 13.1. The SMILES string of the molecule is CSCCC(NC(=O)C1CCCN1C(=O)C(N)C(C)C)C(=O)N1CCCC1C(=O)O. The van der Waals surface area contributed by atoms with Gasteiger partial charge < -0.3 is 26.0 Å². The Labute approximate surface area is 182 Å². The normalized spacial score (nSPS) is 23.5. The summed E-state index contributed by atoms with van der Waals surface area (Å²) in [5.74, 6) is -1.40. The first-order valence-corrected chi connectivity index (χ1v) is 12.0. The molecule has 4 unspecified atom stereocenters. The summed E-state index contributed by atoms with van der Waals surface area (Å²) in [4.78, 5) is 53.1. The molecule has 4 N–H and O–H groups in total. The first kappa shape index (κ1) is 24.5. The van der Waals surface area contributed by atoms with Crippen molar-refractivity contribution in [2.45, 2.75) is 70.1 Å². The average molecular weight is 443 g/mol. The maximum atomic E-state index is 13.1. The Balaban J connectivity index is 2.11. The standard InChI is InChI=1S/C20H34N4O5S/c1-12(2)16(21)19(27)23-9-4-6-14(23)17(25)22-13(8-11-30-3)18(26)24-10-5-7-15(24)20(28)29/h12-16H,4-11,21H2,1-3H3,(H,22,25)(H,28,29). The zero-order valence-corrected chi connectivity index (χ0v) is 18.8. The Morgan fingerprint density at radius 2 is 1.63 bits per heavy atom. The molecule has 2 fully saturated rings. The number of carbonyl (C=O) groups is 4. The molecule has 9 nitrogen and oxygen atoms in total. The van der Waals surface area contributed by atoms with Crippen LogP contribution in [-0.2, 0) is 19.2 Å². The largest absolute Gasteiger partial charge is 0.480 e. The molecule has 2 aliphatic heterocycles. The summed E-state index contributed by atoms with van der Waals surface area (Å²) in [5.41, 5.74) is 6.00. The average Bonchev–Trinajstić information content (AvgIpc) is 3.38. The molecule has 2 saturated heterocycles. The monoisotopic (exact) mass is 442 g/mol. The minimum absolute atomic E-state index is 0.0409. The lowest BCUT2D eigenvalue weighted by Gasteiger charge is -2.31. The van der Waals surface area contributed by atoms with Crippen LogP contribution in [0.4, 0.5) is 0 Å². The Morgan fingerprint density at radius 3 is 2.17 bits per heavy atom. The number of nitrogens with two attached hydrogens (primary N) is 1. The van der Waals surface area contributed by atoms with Gasteiger partial charge in [-0.2, -0.15) is 11.8 Å². The molecule has 0 spiro atoms. The summed E-state index contributed by atoms with van der Waals surface area (Å²) in [6.07, 6.45) is 4.58. The lowest BCUT2D eigenvalue weighted by molar-refractivity contribution is -0.149. The number of thioether (sulfide) groups is 1. The van der Waals surface area contributed by atoms with Crippen LogP contribution in [0.15, 0.2) is 0 Å². The Hall–Kier alpha value is -1.81. The van der Waals surface area contributed by atoms with Gasteiger partial charge in [0.05, 0.1) is 6.04 Å². The summed E-state index contributed by atoms with van der Waals surface area (Å²) < 4.78 is 0. The maximum Gasteiger partial charge on any atom is 0.326 e. The number of likely N-dealkylation sites (tertiary alicyclic amines) is 2. The van der Waals surface area contributed by atoms with Crippen molar-refractivity contribution in [3.63, 3.8) is 0 Å². The predicted octanol–water partition coefficient (Wildman–Crippen LogP) is 0.274. The van der Waals surface area contributed by atoms with Crippen LogP contribution < -0.4 is 11.1 Å². The van der Waals surface area contributed by atoms with E-state index in [-0.39, 0.29) is 23.6 Å². The lowest BCUT2D eigenvalue weighted by atomic mass is 10.0. The predicted molar refractivity (Wildman–Crippen MR) is 115 cm³/mol. The number of aliphatic carboxylic acids is 1. The van der Waals surface area contributed by atoms with E-state index < -0.39 is 30.1 Å². The molecule has 0 aromatic carbocycles. The van der Waals surface area contributed by atoms with Crippen LogP contribution in [0, 0.1) is 5.92 Å². The first-order valence-electron chi connectivity index (χ1n) is 10.6. The van der Waals surface area contributed by atoms with Crippen LogP contribution in [0.25, 0.3) is 0 Å². The van der Waals surface area contributed by atoms with Crippen LogP contribution >= 0.6 is 11.8 Å². The van der Waals surface area contributed by atoms with Gasteiger partial charge in [0.1, 0.15) is 18.1 Å². The van der Waals surface area contributed by atoms with Gasteiger partial charge in [-0.1, -0.05) is 13.8 Å². The highest BCUT2D eigenvalue weighted by atomic mass is 32.2. The van der Waals surface area contributed by atoms with Gasteiger partial charge in [0.2, 0.25) is 17.7 Å². The van der Waals surface area contributed by atoms with E-state index >= 15 is 0 Å². The second kappa shape index (κ2) is 11.0. The first-order chi connectivity index (χ1) is 14.2. The van der Waals surface area contributed by atoms with Crippen molar-refractivity contribution in [3.05, 3.63) is 0 Å². The van der Waals surface area contributed by atoms with Crippen molar-refractivity contribution in [3.8, 4) is 0 Å². The van der Waals surface area contributed by atoms with Crippen molar-refractivity contribution in [2.24, 2.45) is 11.7 Å². The molecule has 0 aromatic heterocycles. The van der Waals surface area contributed by atoms with E-state index in [0.29, 0.717) is 50.9 Å². The van der Waals surface area contributed by atoms with Crippen LogP contribution in [0.5, 0.6) is 0 Å². The van der Waals surface area contributed by atoms with E-state index in [1.807, 2.05) is 20.1 Å². The highest BCUT2D eigenvalue weighted by Gasteiger charge is 2.40. The van der Waals surface area contributed by atoms with E-state index in [0.717, 1.165) is 0 Å². The van der Waals surface area contributed by atoms with Gasteiger partial charge in [-0.25, -0.2) is 4.79 Å². The number of nitrogens with one attached hydrogen (secondary N) is 1. The molecule has 10 heteroatoms. The fourth-order valence-corrected chi connectivity index (χ4v) is 4.50. The van der Waals surface area contributed by atoms with Crippen LogP contribution in [0.1, 0.15) is 46.0 Å². The van der Waals surface area contributed by atoms with Crippen molar-refractivity contribution < 1.29 is 24.3 Å².